The number of methoxy groups -OCH3 is 1. The van der Waals surface area contributed by atoms with Gasteiger partial charge in [0.1, 0.15) is 11.6 Å². The fourth-order valence-electron chi connectivity index (χ4n) is 4.37. The highest BCUT2D eigenvalue weighted by Gasteiger charge is 2.28. The molecule has 1 saturated heterocycles. The van der Waals surface area contributed by atoms with Gasteiger partial charge in [-0.05, 0) is 61.7 Å². The van der Waals surface area contributed by atoms with Crippen LogP contribution >= 0.6 is 0 Å². The predicted molar refractivity (Wildman–Crippen MR) is 122 cm³/mol. The molecule has 4 aromatic rings. The molecule has 1 atom stereocenters. The third kappa shape index (κ3) is 4.16. The van der Waals surface area contributed by atoms with Gasteiger partial charge in [-0.2, -0.15) is 5.10 Å². The van der Waals surface area contributed by atoms with Crippen LogP contribution in [0.1, 0.15) is 40.5 Å². The normalized spacial score (nSPS) is 16.2. The van der Waals surface area contributed by atoms with Crippen molar-refractivity contribution < 1.29 is 13.9 Å². The van der Waals surface area contributed by atoms with Crippen molar-refractivity contribution in [3.8, 4) is 16.9 Å². The van der Waals surface area contributed by atoms with Crippen molar-refractivity contribution >= 4 is 11.6 Å². The van der Waals surface area contributed by atoms with Gasteiger partial charge in [0.2, 0.25) is 0 Å². The Morgan fingerprint density at radius 3 is 2.88 bits per heavy atom. The molecule has 7 nitrogen and oxygen atoms in total. The van der Waals surface area contributed by atoms with Crippen LogP contribution in [0.3, 0.4) is 0 Å². The van der Waals surface area contributed by atoms with Crippen LogP contribution in [0.4, 0.5) is 4.39 Å². The van der Waals surface area contributed by atoms with E-state index in [2.05, 4.69) is 4.98 Å². The number of ether oxygens (including phenoxy) is 1. The smallest absolute Gasteiger partial charge is 0.255 e. The number of hydrogen-bond donors (Lipinski definition) is 0. The topological polar surface area (TPSA) is 72.6 Å². The number of carbonyl (C=O) groups is 1. The molecule has 1 amide bonds. The zero-order chi connectivity index (χ0) is 22.9. The number of fused-ring (bicyclic) bond motifs is 1. The van der Waals surface area contributed by atoms with Crippen LogP contribution in [0.25, 0.3) is 16.8 Å². The second-order valence-corrected chi connectivity index (χ2v) is 8.38. The van der Waals surface area contributed by atoms with E-state index in [0.717, 1.165) is 24.0 Å². The van der Waals surface area contributed by atoms with Crippen molar-refractivity contribution in [2.24, 2.45) is 0 Å². The lowest BCUT2D eigenvalue weighted by Crippen LogP contribution is -2.39. The van der Waals surface area contributed by atoms with Gasteiger partial charge in [-0.15, -0.1) is 0 Å². The molecule has 1 fully saturated rings. The quantitative estimate of drug-likeness (QED) is 0.469. The molecule has 5 rings (SSSR count). The lowest BCUT2D eigenvalue weighted by Gasteiger charge is -2.31. The molecule has 0 bridgehead atoms. The Balaban J connectivity index is 1.41. The van der Waals surface area contributed by atoms with E-state index < -0.39 is 0 Å². The number of pyridine rings is 2. The maximum absolute atomic E-state index is 13.9. The van der Waals surface area contributed by atoms with Crippen molar-refractivity contribution in [2.75, 3.05) is 20.2 Å². The molecule has 33 heavy (non-hydrogen) atoms. The Morgan fingerprint density at radius 1 is 1.18 bits per heavy atom. The van der Waals surface area contributed by atoms with Gasteiger partial charge in [0.25, 0.3) is 5.91 Å². The van der Waals surface area contributed by atoms with E-state index in [1.165, 1.54) is 12.1 Å². The van der Waals surface area contributed by atoms with Crippen LogP contribution in [0.15, 0.2) is 55.0 Å². The summed E-state index contributed by atoms with van der Waals surface area (Å²) in [4.78, 5) is 23.7. The summed E-state index contributed by atoms with van der Waals surface area (Å²) in [5, 5.41) is 4.70. The average Bonchev–Trinajstić information content (AvgIpc) is 3.27. The molecule has 0 N–H and O–H groups in total. The number of halogens is 1. The minimum atomic E-state index is -0.332. The van der Waals surface area contributed by atoms with Gasteiger partial charge < -0.3 is 9.64 Å². The molecule has 0 saturated carbocycles. The Morgan fingerprint density at radius 2 is 2.06 bits per heavy atom. The largest absolute Gasteiger partial charge is 0.496 e. The van der Waals surface area contributed by atoms with E-state index in [4.69, 9.17) is 14.8 Å². The summed E-state index contributed by atoms with van der Waals surface area (Å²) in [7, 11) is 1.56. The van der Waals surface area contributed by atoms with Crippen molar-refractivity contribution in [3.63, 3.8) is 0 Å². The second kappa shape index (κ2) is 8.61. The van der Waals surface area contributed by atoms with Gasteiger partial charge in [-0.25, -0.2) is 13.9 Å². The molecule has 1 aliphatic heterocycles. The zero-order valence-electron chi connectivity index (χ0n) is 18.5. The van der Waals surface area contributed by atoms with Gasteiger partial charge in [-0.3, -0.25) is 9.78 Å². The number of nitrogens with zero attached hydrogens (tertiary/aromatic N) is 5. The summed E-state index contributed by atoms with van der Waals surface area (Å²) in [6, 6.07) is 10.0. The predicted octanol–water partition coefficient (Wildman–Crippen LogP) is 4.27. The van der Waals surface area contributed by atoms with E-state index in [0.29, 0.717) is 41.4 Å². The summed E-state index contributed by atoms with van der Waals surface area (Å²) < 4.78 is 21.0. The first-order valence-electron chi connectivity index (χ1n) is 10.9. The molecule has 168 valence electrons. The highest BCUT2D eigenvalue weighted by Crippen LogP contribution is 2.31. The highest BCUT2D eigenvalue weighted by atomic mass is 19.1. The molecular weight excluding hydrogens is 421 g/mol. The van der Waals surface area contributed by atoms with Crippen molar-refractivity contribution in [1.82, 2.24) is 24.5 Å². The molecule has 8 heteroatoms. The number of amides is 1. The Labute approximate surface area is 190 Å². The monoisotopic (exact) mass is 445 g/mol. The minimum absolute atomic E-state index is 0.0138. The first-order valence-corrected chi connectivity index (χ1v) is 10.9. The molecule has 3 aromatic heterocycles. The SMILES string of the molecule is COc1ccc(F)cc1-c1ccc2nc([C@@H]3CCCN(C(=O)c4cncc(C)c4)C3)nn2c1. The van der Waals surface area contributed by atoms with Crippen LogP contribution in [-0.2, 0) is 0 Å². The number of aryl methyl sites for hydroxylation is 1. The maximum Gasteiger partial charge on any atom is 0.255 e. The van der Waals surface area contributed by atoms with Crippen LogP contribution in [0.5, 0.6) is 5.75 Å². The number of aromatic nitrogens is 4. The number of rotatable bonds is 4. The molecule has 4 heterocycles. The zero-order valence-corrected chi connectivity index (χ0v) is 18.5. The number of hydrogen-bond acceptors (Lipinski definition) is 5. The molecule has 1 aliphatic rings. The van der Waals surface area contributed by atoms with Crippen LogP contribution in [-0.4, -0.2) is 50.6 Å². The van der Waals surface area contributed by atoms with E-state index in [1.54, 1.807) is 30.1 Å². The minimum Gasteiger partial charge on any atom is -0.496 e. The second-order valence-electron chi connectivity index (χ2n) is 8.38. The summed E-state index contributed by atoms with van der Waals surface area (Å²) >= 11 is 0. The molecule has 1 aromatic carbocycles. The fourth-order valence-corrected chi connectivity index (χ4v) is 4.37. The van der Waals surface area contributed by atoms with Crippen LogP contribution in [0, 0.1) is 12.7 Å². The molecule has 0 spiro atoms. The van der Waals surface area contributed by atoms with Gasteiger partial charge in [0, 0.05) is 48.7 Å². The maximum atomic E-state index is 13.9. The van der Waals surface area contributed by atoms with Gasteiger partial charge in [-0.1, -0.05) is 0 Å². The lowest BCUT2D eigenvalue weighted by molar-refractivity contribution is 0.0704. The number of benzene rings is 1. The van der Waals surface area contributed by atoms with Gasteiger partial charge in [0.15, 0.2) is 11.5 Å². The standard InChI is InChI=1S/C25H24FN5O2/c1-16-10-19(13-27-12-16)25(32)30-9-3-4-18(14-30)24-28-23-8-5-17(15-31(23)29-24)21-11-20(26)6-7-22(21)33-2/h5-8,10-13,15,18H,3-4,9,14H2,1-2H3/t18-/m1/s1. The number of likely N-dealkylation sites (tertiary alicyclic amines) is 1. The average molecular weight is 445 g/mol. The third-order valence-corrected chi connectivity index (χ3v) is 6.02. The Hall–Kier alpha value is -3.81. The molecule has 0 aliphatic carbocycles. The summed E-state index contributed by atoms with van der Waals surface area (Å²) in [6.07, 6.45) is 6.98. The van der Waals surface area contributed by atoms with Gasteiger partial charge >= 0.3 is 0 Å². The summed E-state index contributed by atoms with van der Waals surface area (Å²) in [5.41, 5.74) is 3.70. The van der Waals surface area contributed by atoms with Crippen LogP contribution in [0.2, 0.25) is 0 Å². The van der Waals surface area contributed by atoms with E-state index in [-0.39, 0.29) is 17.6 Å². The van der Waals surface area contributed by atoms with E-state index in [9.17, 15) is 9.18 Å². The van der Waals surface area contributed by atoms with Crippen molar-refractivity contribution in [1.29, 1.82) is 0 Å². The molecule has 0 radical (unpaired) electrons. The van der Waals surface area contributed by atoms with Gasteiger partial charge in [0.05, 0.1) is 12.7 Å². The van der Waals surface area contributed by atoms with E-state index >= 15 is 0 Å². The first-order chi connectivity index (χ1) is 16.0. The van der Waals surface area contributed by atoms with Crippen molar-refractivity contribution in [2.45, 2.75) is 25.7 Å². The van der Waals surface area contributed by atoms with Crippen molar-refractivity contribution in [3.05, 3.63) is 77.8 Å². The first kappa shape index (κ1) is 21.1. The lowest BCUT2D eigenvalue weighted by atomic mass is 9.97. The third-order valence-electron chi connectivity index (χ3n) is 6.02. The number of piperidine rings is 1. The molecule has 0 unspecified atom stereocenters. The highest BCUT2D eigenvalue weighted by molar-refractivity contribution is 5.94. The van der Waals surface area contributed by atoms with E-state index in [1.807, 2.05) is 36.2 Å². The Bertz CT molecular complexity index is 1340. The summed E-state index contributed by atoms with van der Waals surface area (Å²) in [6.45, 7) is 3.20. The number of carbonyl (C=O) groups excluding carboxylic acids is 1. The van der Waals surface area contributed by atoms with Crippen LogP contribution < -0.4 is 4.74 Å². The Kier molecular flexibility index (Phi) is 5.50. The fraction of sp³-hybridized carbons (Fsp3) is 0.280. The summed E-state index contributed by atoms with van der Waals surface area (Å²) in [5.74, 6) is 0.995. The molecular formula is C25H24FN5O2.